The summed E-state index contributed by atoms with van der Waals surface area (Å²) in [5, 5.41) is 2.90. The molecule has 1 unspecified atom stereocenters. The molecular weight excluding hydrogens is 252 g/mol. The fraction of sp³-hybridized carbons (Fsp3) is 0.500. The number of rotatable bonds is 3. The first-order chi connectivity index (χ1) is 9.36. The second kappa shape index (κ2) is 5.27. The number of amides is 2. The summed E-state index contributed by atoms with van der Waals surface area (Å²) in [5.41, 5.74) is 0.899. The van der Waals surface area contributed by atoms with Crippen LogP contribution in [0.25, 0.3) is 0 Å². The molecule has 0 saturated carbocycles. The van der Waals surface area contributed by atoms with Crippen molar-refractivity contribution in [1.82, 2.24) is 10.2 Å². The Morgan fingerprint density at radius 2 is 1.95 bits per heavy atom. The summed E-state index contributed by atoms with van der Waals surface area (Å²) in [4.78, 5) is 26.6. The van der Waals surface area contributed by atoms with E-state index in [2.05, 4.69) is 5.32 Å². The first kappa shape index (κ1) is 14.6. The van der Waals surface area contributed by atoms with E-state index in [1.165, 1.54) is 0 Å². The molecule has 1 fully saturated rings. The quantitative estimate of drug-likeness (QED) is 0.918. The van der Waals surface area contributed by atoms with Crippen molar-refractivity contribution in [3.8, 4) is 0 Å². The molecule has 4 heteroatoms. The lowest BCUT2D eigenvalue weighted by Crippen LogP contribution is -2.68. The van der Waals surface area contributed by atoms with Crippen molar-refractivity contribution in [1.29, 1.82) is 0 Å². The highest BCUT2D eigenvalue weighted by molar-refractivity contribution is 6.01. The summed E-state index contributed by atoms with van der Waals surface area (Å²) < 4.78 is 0. The molecule has 1 N–H and O–H groups in total. The highest BCUT2D eigenvalue weighted by Gasteiger charge is 2.49. The van der Waals surface area contributed by atoms with E-state index in [-0.39, 0.29) is 17.9 Å². The Hall–Kier alpha value is -1.84. The van der Waals surface area contributed by atoms with Gasteiger partial charge in [0.1, 0.15) is 5.54 Å². The van der Waals surface area contributed by atoms with Crippen LogP contribution in [0.5, 0.6) is 0 Å². The van der Waals surface area contributed by atoms with Crippen LogP contribution in [0.1, 0.15) is 43.1 Å². The van der Waals surface area contributed by atoms with Gasteiger partial charge in [0.2, 0.25) is 5.91 Å². The maximum Gasteiger partial charge on any atom is 0.255 e. The zero-order valence-corrected chi connectivity index (χ0v) is 12.6. The van der Waals surface area contributed by atoms with Gasteiger partial charge in [-0.3, -0.25) is 9.59 Å². The van der Waals surface area contributed by atoms with E-state index >= 15 is 0 Å². The highest BCUT2D eigenvalue weighted by atomic mass is 16.2. The van der Waals surface area contributed by atoms with Crippen molar-refractivity contribution in [3.63, 3.8) is 0 Å². The SMILES string of the molecule is Cc1ccccc1C(=O)N1CCC1(C)C(=O)NC(C)C. The molecule has 108 valence electrons. The number of carbonyl (C=O) groups excluding carboxylic acids is 2. The molecule has 2 rings (SSSR count). The van der Waals surface area contributed by atoms with Gasteiger partial charge in [0.05, 0.1) is 0 Å². The predicted octanol–water partition coefficient (Wildman–Crippen LogP) is 2.12. The number of nitrogens with zero attached hydrogens (tertiary/aromatic N) is 1. The molecule has 1 atom stereocenters. The van der Waals surface area contributed by atoms with Gasteiger partial charge < -0.3 is 10.2 Å². The second-order valence-electron chi connectivity index (χ2n) is 5.92. The number of hydrogen-bond acceptors (Lipinski definition) is 2. The summed E-state index contributed by atoms with van der Waals surface area (Å²) in [6.45, 7) is 8.24. The van der Waals surface area contributed by atoms with Crippen LogP contribution in [-0.2, 0) is 4.79 Å². The zero-order valence-electron chi connectivity index (χ0n) is 12.6. The molecule has 1 aromatic rings. The third-order valence-corrected chi connectivity index (χ3v) is 3.95. The van der Waals surface area contributed by atoms with Crippen LogP contribution in [0.3, 0.4) is 0 Å². The Bertz CT molecular complexity index is 539. The molecule has 0 spiro atoms. The monoisotopic (exact) mass is 274 g/mol. The Labute approximate surface area is 120 Å². The topological polar surface area (TPSA) is 49.4 Å². The molecule has 1 saturated heterocycles. The van der Waals surface area contributed by atoms with Crippen LogP contribution in [0, 0.1) is 6.92 Å². The molecule has 1 heterocycles. The molecule has 1 aromatic carbocycles. The van der Waals surface area contributed by atoms with Crippen molar-refractivity contribution < 1.29 is 9.59 Å². The minimum atomic E-state index is -0.719. The number of likely N-dealkylation sites (tertiary alicyclic amines) is 1. The van der Waals surface area contributed by atoms with Crippen molar-refractivity contribution in [2.75, 3.05) is 6.54 Å². The maximum absolute atomic E-state index is 12.6. The van der Waals surface area contributed by atoms with Crippen molar-refractivity contribution in [2.24, 2.45) is 0 Å². The Morgan fingerprint density at radius 3 is 2.45 bits per heavy atom. The van der Waals surface area contributed by atoms with E-state index in [9.17, 15) is 9.59 Å². The molecule has 1 aliphatic heterocycles. The molecule has 2 amide bonds. The smallest absolute Gasteiger partial charge is 0.255 e. The minimum Gasteiger partial charge on any atom is -0.352 e. The average Bonchev–Trinajstić information content (AvgIpc) is 2.36. The van der Waals surface area contributed by atoms with E-state index in [4.69, 9.17) is 0 Å². The van der Waals surface area contributed by atoms with E-state index in [1.807, 2.05) is 52.0 Å². The van der Waals surface area contributed by atoms with Gasteiger partial charge in [-0.1, -0.05) is 18.2 Å². The van der Waals surface area contributed by atoms with Gasteiger partial charge in [0, 0.05) is 18.2 Å². The van der Waals surface area contributed by atoms with Gasteiger partial charge in [0.25, 0.3) is 5.91 Å². The molecule has 4 nitrogen and oxygen atoms in total. The normalized spacial score (nSPS) is 21.6. The summed E-state index contributed by atoms with van der Waals surface area (Å²) in [6.07, 6.45) is 0.711. The summed E-state index contributed by atoms with van der Waals surface area (Å²) in [5.74, 6) is -0.128. The average molecular weight is 274 g/mol. The second-order valence-corrected chi connectivity index (χ2v) is 5.92. The first-order valence-electron chi connectivity index (χ1n) is 7.05. The summed E-state index contributed by atoms with van der Waals surface area (Å²) in [7, 11) is 0. The third kappa shape index (κ3) is 2.42. The van der Waals surface area contributed by atoms with Gasteiger partial charge in [0.15, 0.2) is 0 Å². The molecule has 0 bridgehead atoms. The lowest BCUT2D eigenvalue weighted by Gasteiger charge is -2.49. The number of hydrogen-bond donors (Lipinski definition) is 1. The molecule has 20 heavy (non-hydrogen) atoms. The van der Waals surface area contributed by atoms with Gasteiger partial charge in [-0.15, -0.1) is 0 Å². The maximum atomic E-state index is 12.6. The van der Waals surface area contributed by atoms with Crippen LogP contribution in [0.4, 0.5) is 0 Å². The lowest BCUT2D eigenvalue weighted by atomic mass is 9.84. The number of aryl methyl sites for hydroxylation is 1. The fourth-order valence-corrected chi connectivity index (χ4v) is 2.50. The van der Waals surface area contributed by atoms with E-state index in [0.717, 1.165) is 5.56 Å². The van der Waals surface area contributed by atoms with Crippen LogP contribution in [-0.4, -0.2) is 34.8 Å². The first-order valence-corrected chi connectivity index (χ1v) is 7.05. The van der Waals surface area contributed by atoms with Crippen molar-refractivity contribution in [3.05, 3.63) is 35.4 Å². The number of carbonyl (C=O) groups is 2. The minimum absolute atomic E-state index is 0.0595. The number of nitrogens with one attached hydrogen (secondary N) is 1. The standard InChI is InChI=1S/C16H22N2O2/c1-11(2)17-15(20)16(4)9-10-18(16)14(19)13-8-6-5-7-12(13)3/h5-8,11H,9-10H2,1-4H3,(H,17,20). The molecule has 0 aromatic heterocycles. The van der Waals surface area contributed by atoms with Gasteiger partial charge >= 0.3 is 0 Å². The summed E-state index contributed by atoms with van der Waals surface area (Å²) >= 11 is 0. The van der Waals surface area contributed by atoms with Gasteiger partial charge in [-0.2, -0.15) is 0 Å². The number of benzene rings is 1. The van der Waals surface area contributed by atoms with Crippen LogP contribution in [0.2, 0.25) is 0 Å². The van der Waals surface area contributed by atoms with Crippen molar-refractivity contribution in [2.45, 2.75) is 45.7 Å². The van der Waals surface area contributed by atoms with E-state index in [1.54, 1.807) is 4.90 Å². The highest BCUT2D eigenvalue weighted by Crippen LogP contribution is 2.32. The van der Waals surface area contributed by atoms with Crippen LogP contribution in [0.15, 0.2) is 24.3 Å². The molecule has 0 aliphatic carbocycles. The molecule has 1 aliphatic rings. The van der Waals surface area contributed by atoms with E-state index < -0.39 is 5.54 Å². The fourth-order valence-electron chi connectivity index (χ4n) is 2.50. The Balaban J connectivity index is 2.20. The summed E-state index contributed by atoms with van der Waals surface area (Å²) in [6, 6.07) is 7.57. The third-order valence-electron chi connectivity index (χ3n) is 3.95. The predicted molar refractivity (Wildman–Crippen MR) is 78.5 cm³/mol. The van der Waals surface area contributed by atoms with Crippen LogP contribution < -0.4 is 5.32 Å². The zero-order chi connectivity index (χ0) is 14.9. The van der Waals surface area contributed by atoms with Crippen molar-refractivity contribution >= 4 is 11.8 Å². The molecule has 0 radical (unpaired) electrons. The molecular formula is C16H22N2O2. The lowest BCUT2D eigenvalue weighted by molar-refractivity contribution is -0.138. The Morgan fingerprint density at radius 1 is 1.30 bits per heavy atom. The van der Waals surface area contributed by atoms with E-state index in [0.29, 0.717) is 18.5 Å². The largest absolute Gasteiger partial charge is 0.352 e. The van der Waals surface area contributed by atoms with Gasteiger partial charge in [-0.25, -0.2) is 0 Å². The van der Waals surface area contributed by atoms with Crippen LogP contribution >= 0.6 is 0 Å². The van der Waals surface area contributed by atoms with Gasteiger partial charge in [-0.05, 0) is 45.7 Å². The Kier molecular flexibility index (Phi) is 3.84.